The van der Waals surface area contributed by atoms with Crippen LogP contribution in [0, 0.1) is 25.2 Å². The Morgan fingerprint density at radius 2 is 2.16 bits per heavy atom. The van der Waals surface area contributed by atoms with E-state index < -0.39 is 12.1 Å². The summed E-state index contributed by atoms with van der Waals surface area (Å²) in [6, 6.07) is 4.02. The van der Waals surface area contributed by atoms with E-state index in [1.807, 2.05) is 26.0 Å². The molecule has 1 N–H and O–H groups in total. The van der Waals surface area contributed by atoms with Crippen LogP contribution in [0.5, 0.6) is 0 Å². The molecule has 0 radical (unpaired) electrons. The molecule has 1 fully saturated rings. The number of hydrogen-bond acceptors (Lipinski definition) is 4. The zero-order valence-corrected chi connectivity index (χ0v) is 15.3. The Hall–Kier alpha value is -2.55. The van der Waals surface area contributed by atoms with Crippen molar-refractivity contribution in [2.75, 3.05) is 0 Å². The number of nitrogens with one attached hydrogen (secondary N) is 1. The Kier molecular flexibility index (Phi) is 6.02. The van der Waals surface area contributed by atoms with Gasteiger partial charge in [-0.25, -0.2) is 4.79 Å². The number of carbonyl (C=O) groups is 2. The van der Waals surface area contributed by atoms with E-state index in [1.54, 1.807) is 0 Å². The van der Waals surface area contributed by atoms with Crippen LogP contribution in [-0.4, -0.2) is 28.6 Å². The van der Waals surface area contributed by atoms with Crippen LogP contribution in [0.4, 0.5) is 0 Å². The summed E-state index contributed by atoms with van der Waals surface area (Å²) < 4.78 is 7.29. The molecule has 2 rings (SSSR count). The number of amides is 1. The first-order chi connectivity index (χ1) is 11.9. The van der Waals surface area contributed by atoms with Gasteiger partial charge in [0.2, 0.25) is 0 Å². The Morgan fingerprint density at radius 3 is 2.72 bits per heavy atom. The summed E-state index contributed by atoms with van der Waals surface area (Å²) in [6.45, 7) is 8.45. The van der Waals surface area contributed by atoms with Crippen molar-refractivity contribution in [3.8, 4) is 6.07 Å². The second-order valence-electron chi connectivity index (χ2n) is 6.48. The SMILES string of the molecule is CCCn1c(C)cc(C=C(C#N)C(=O)OC(C)C(=O)NC2CC2)c1C. The zero-order valence-electron chi connectivity index (χ0n) is 15.3. The first-order valence-corrected chi connectivity index (χ1v) is 8.67. The third-order valence-electron chi connectivity index (χ3n) is 4.28. The second kappa shape index (κ2) is 8.02. The summed E-state index contributed by atoms with van der Waals surface area (Å²) in [5, 5.41) is 12.1. The van der Waals surface area contributed by atoms with Gasteiger partial charge in [-0.3, -0.25) is 4.79 Å². The van der Waals surface area contributed by atoms with Gasteiger partial charge in [0, 0.05) is 24.0 Å². The molecule has 0 spiro atoms. The molecule has 1 unspecified atom stereocenters. The van der Waals surface area contributed by atoms with Gasteiger partial charge in [-0.15, -0.1) is 0 Å². The number of nitriles is 1. The lowest BCUT2D eigenvalue weighted by atomic mass is 10.1. The Morgan fingerprint density at radius 1 is 1.48 bits per heavy atom. The van der Waals surface area contributed by atoms with E-state index >= 15 is 0 Å². The molecule has 0 bridgehead atoms. The summed E-state index contributed by atoms with van der Waals surface area (Å²) in [5.74, 6) is -1.10. The van der Waals surface area contributed by atoms with Gasteiger partial charge >= 0.3 is 5.97 Å². The van der Waals surface area contributed by atoms with Crippen molar-refractivity contribution in [3.63, 3.8) is 0 Å². The average molecular weight is 343 g/mol. The monoisotopic (exact) mass is 343 g/mol. The van der Waals surface area contributed by atoms with Crippen LogP contribution < -0.4 is 5.32 Å². The summed E-state index contributed by atoms with van der Waals surface area (Å²) >= 11 is 0. The molecular weight excluding hydrogens is 318 g/mol. The van der Waals surface area contributed by atoms with Gasteiger partial charge in [-0.1, -0.05) is 6.92 Å². The molecule has 1 aromatic heterocycles. The molecule has 0 aromatic carbocycles. The number of aromatic nitrogens is 1. The lowest BCUT2D eigenvalue weighted by Gasteiger charge is -2.12. The molecule has 1 saturated carbocycles. The largest absolute Gasteiger partial charge is 0.448 e. The Balaban J connectivity index is 2.11. The predicted molar refractivity (Wildman–Crippen MR) is 94.5 cm³/mol. The molecule has 1 aliphatic rings. The molecule has 25 heavy (non-hydrogen) atoms. The molecule has 1 aliphatic carbocycles. The van der Waals surface area contributed by atoms with Gasteiger partial charge in [0.05, 0.1) is 0 Å². The standard InChI is InChI=1S/C19H25N3O3/c1-5-8-22-12(2)9-15(13(22)3)10-16(11-20)19(24)25-14(4)18(23)21-17-6-7-17/h9-10,14,17H,5-8H2,1-4H3,(H,21,23). The van der Waals surface area contributed by atoms with Gasteiger partial charge in [0.1, 0.15) is 11.6 Å². The minimum absolute atomic E-state index is 0.108. The number of nitrogens with zero attached hydrogens (tertiary/aromatic N) is 2. The highest BCUT2D eigenvalue weighted by Gasteiger charge is 2.27. The molecule has 134 valence electrons. The normalized spacial score (nSPS) is 15.4. The van der Waals surface area contributed by atoms with Gasteiger partial charge in [0.15, 0.2) is 6.10 Å². The molecule has 1 atom stereocenters. The predicted octanol–water partition coefficient (Wildman–Crippen LogP) is 2.63. The van der Waals surface area contributed by atoms with Crippen molar-refractivity contribution < 1.29 is 14.3 Å². The summed E-state index contributed by atoms with van der Waals surface area (Å²) in [5.41, 5.74) is 2.78. The van der Waals surface area contributed by atoms with E-state index in [2.05, 4.69) is 16.8 Å². The molecule has 1 heterocycles. The van der Waals surface area contributed by atoms with E-state index in [0.29, 0.717) is 0 Å². The molecule has 0 aliphatic heterocycles. The minimum Gasteiger partial charge on any atom is -0.448 e. The van der Waals surface area contributed by atoms with E-state index in [0.717, 1.165) is 42.8 Å². The first kappa shape index (κ1) is 18.8. The van der Waals surface area contributed by atoms with Crippen LogP contribution >= 0.6 is 0 Å². The molecule has 0 saturated heterocycles. The van der Waals surface area contributed by atoms with Crippen LogP contribution in [-0.2, 0) is 20.9 Å². The van der Waals surface area contributed by atoms with E-state index in [-0.39, 0.29) is 17.5 Å². The zero-order chi connectivity index (χ0) is 18.6. The maximum atomic E-state index is 12.2. The van der Waals surface area contributed by atoms with Gasteiger partial charge in [-0.2, -0.15) is 5.26 Å². The summed E-state index contributed by atoms with van der Waals surface area (Å²) in [7, 11) is 0. The third kappa shape index (κ3) is 4.72. The minimum atomic E-state index is -0.919. The molecule has 6 nitrogen and oxygen atoms in total. The molecule has 6 heteroatoms. The van der Waals surface area contributed by atoms with Crippen molar-refractivity contribution >= 4 is 18.0 Å². The van der Waals surface area contributed by atoms with E-state index in [1.165, 1.54) is 13.0 Å². The summed E-state index contributed by atoms with van der Waals surface area (Å²) in [6.07, 6.45) is 3.53. The number of hydrogen-bond donors (Lipinski definition) is 1. The number of rotatable bonds is 7. The fraction of sp³-hybridized carbons (Fsp3) is 0.526. The van der Waals surface area contributed by atoms with Crippen molar-refractivity contribution in [1.82, 2.24) is 9.88 Å². The first-order valence-electron chi connectivity index (χ1n) is 8.67. The van der Waals surface area contributed by atoms with Crippen molar-refractivity contribution in [1.29, 1.82) is 5.26 Å². The Labute approximate surface area is 148 Å². The summed E-state index contributed by atoms with van der Waals surface area (Å²) in [4.78, 5) is 24.1. The number of aryl methyl sites for hydroxylation is 1. The number of ether oxygens (including phenoxy) is 1. The lowest BCUT2D eigenvalue weighted by molar-refractivity contribution is -0.150. The fourth-order valence-electron chi connectivity index (χ4n) is 2.66. The highest BCUT2D eigenvalue weighted by Crippen LogP contribution is 2.20. The Bertz CT molecular complexity index is 736. The smallest absolute Gasteiger partial charge is 0.349 e. The van der Waals surface area contributed by atoms with E-state index in [4.69, 9.17) is 4.74 Å². The van der Waals surface area contributed by atoms with Crippen molar-refractivity contribution in [3.05, 3.63) is 28.6 Å². The average Bonchev–Trinajstić information content (AvgIpc) is 3.34. The lowest BCUT2D eigenvalue weighted by Crippen LogP contribution is -2.37. The van der Waals surface area contributed by atoms with Gasteiger partial charge < -0.3 is 14.6 Å². The topological polar surface area (TPSA) is 84.1 Å². The van der Waals surface area contributed by atoms with E-state index in [9.17, 15) is 14.9 Å². The number of esters is 1. The van der Waals surface area contributed by atoms with Crippen LogP contribution in [0.3, 0.4) is 0 Å². The highest BCUT2D eigenvalue weighted by molar-refractivity contribution is 5.99. The maximum absolute atomic E-state index is 12.2. The quantitative estimate of drug-likeness (QED) is 0.468. The van der Waals surface area contributed by atoms with Crippen molar-refractivity contribution in [2.24, 2.45) is 0 Å². The van der Waals surface area contributed by atoms with Crippen LogP contribution in [0.1, 0.15) is 50.1 Å². The van der Waals surface area contributed by atoms with Gasteiger partial charge in [0.25, 0.3) is 5.91 Å². The van der Waals surface area contributed by atoms with Crippen LogP contribution in [0.15, 0.2) is 11.6 Å². The van der Waals surface area contributed by atoms with Crippen molar-refractivity contribution in [2.45, 2.75) is 65.6 Å². The highest BCUT2D eigenvalue weighted by atomic mass is 16.5. The number of carbonyl (C=O) groups excluding carboxylic acids is 2. The fourth-order valence-corrected chi connectivity index (χ4v) is 2.66. The molecule has 1 amide bonds. The van der Waals surface area contributed by atoms with Gasteiger partial charge in [-0.05, 0) is 57.7 Å². The molecular formula is C19H25N3O3. The maximum Gasteiger partial charge on any atom is 0.349 e. The van der Waals surface area contributed by atoms with Crippen LogP contribution in [0.25, 0.3) is 6.08 Å². The second-order valence-corrected chi connectivity index (χ2v) is 6.48. The molecule has 1 aromatic rings. The third-order valence-corrected chi connectivity index (χ3v) is 4.28. The van der Waals surface area contributed by atoms with Crippen LogP contribution in [0.2, 0.25) is 0 Å².